The van der Waals surface area contributed by atoms with Crippen LogP contribution in [0.5, 0.6) is 0 Å². The number of fused-ring (bicyclic) bond motifs is 2. The molecule has 3 rings (SSSR count). The molecule has 20 heavy (non-hydrogen) atoms. The van der Waals surface area contributed by atoms with Gasteiger partial charge in [0.15, 0.2) is 0 Å². The van der Waals surface area contributed by atoms with Crippen LogP contribution in [0.4, 0.5) is 0 Å². The van der Waals surface area contributed by atoms with Crippen molar-refractivity contribution in [2.75, 3.05) is 13.7 Å². The lowest BCUT2D eigenvalue weighted by molar-refractivity contribution is -0.548. The summed E-state index contributed by atoms with van der Waals surface area (Å²) < 4.78 is 7.59. The van der Waals surface area contributed by atoms with Crippen LogP contribution in [0.15, 0.2) is 36.4 Å². The van der Waals surface area contributed by atoms with E-state index in [4.69, 9.17) is 10.1 Å². The number of hydrogen-bond acceptors (Lipinski definition) is 4. The second-order valence-corrected chi connectivity index (χ2v) is 4.47. The third-order valence-corrected chi connectivity index (χ3v) is 3.24. The summed E-state index contributed by atoms with van der Waals surface area (Å²) in [4.78, 5) is 4.52. The SMILES string of the molecule is COCCn1c(=N)ccc2c1nc1ccccc1[n+]2[O-]. The summed E-state index contributed by atoms with van der Waals surface area (Å²) in [5, 5.41) is 20.4. The number of nitrogens with one attached hydrogen (secondary N) is 1. The molecule has 0 spiro atoms. The lowest BCUT2D eigenvalue weighted by Crippen LogP contribution is -2.32. The van der Waals surface area contributed by atoms with Gasteiger partial charge in [-0.05, 0) is 12.1 Å². The van der Waals surface area contributed by atoms with Crippen LogP contribution in [0.3, 0.4) is 0 Å². The highest BCUT2D eigenvalue weighted by molar-refractivity contribution is 5.79. The van der Waals surface area contributed by atoms with Crippen molar-refractivity contribution in [3.8, 4) is 0 Å². The normalized spacial score (nSPS) is 11.2. The molecule has 0 saturated carbocycles. The Morgan fingerprint density at radius 3 is 2.85 bits per heavy atom. The smallest absolute Gasteiger partial charge is 0.260 e. The zero-order chi connectivity index (χ0) is 14.1. The van der Waals surface area contributed by atoms with Crippen molar-refractivity contribution >= 4 is 22.2 Å². The van der Waals surface area contributed by atoms with E-state index >= 15 is 0 Å². The highest BCUT2D eigenvalue weighted by Gasteiger charge is 2.14. The first kappa shape index (κ1) is 12.6. The summed E-state index contributed by atoms with van der Waals surface area (Å²) in [6, 6.07) is 10.4. The van der Waals surface area contributed by atoms with Crippen molar-refractivity contribution < 1.29 is 9.47 Å². The number of rotatable bonds is 3. The monoisotopic (exact) mass is 270 g/mol. The minimum atomic E-state index is 0.303. The van der Waals surface area contributed by atoms with Crippen molar-refractivity contribution in [2.45, 2.75) is 6.54 Å². The van der Waals surface area contributed by atoms with Crippen LogP contribution in [-0.4, -0.2) is 23.3 Å². The molecule has 0 radical (unpaired) electrons. The van der Waals surface area contributed by atoms with Crippen LogP contribution >= 0.6 is 0 Å². The van der Waals surface area contributed by atoms with Crippen LogP contribution < -0.4 is 10.2 Å². The molecule has 0 bridgehead atoms. The van der Waals surface area contributed by atoms with Crippen molar-refractivity contribution in [1.29, 1.82) is 5.41 Å². The summed E-state index contributed by atoms with van der Waals surface area (Å²) >= 11 is 0. The van der Waals surface area contributed by atoms with E-state index in [9.17, 15) is 5.21 Å². The van der Waals surface area contributed by atoms with Crippen molar-refractivity contribution in [3.63, 3.8) is 0 Å². The van der Waals surface area contributed by atoms with Gasteiger partial charge in [0.2, 0.25) is 11.2 Å². The van der Waals surface area contributed by atoms with Crippen LogP contribution in [-0.2, 0) is 11.3 Å². The maximum Gasteiger partial charge on any atom is 0.260 e. The van der Waals surface area contributed by atoms with Gasteiger partial charge < -0.3 is 14.5 Å². The Bertz CT molecular complexity index is 842. The van der Waals surface area contributed by atoms with E-state index in [-0.39, 0.29) is 0 Å². The molecule has 6 nitrogen and oxygen atoms in total. The number of benzene rings is 1. The predicted octanol–water partition coefficient (Wildman–Crippen LogP) is 0.949. The maximum atomic E-state index is 12.4. The molecule has 1 N–H and O–H groups in total. The number of nitrogens with zero attached hydrogens (tertiary/aromatic N) is 3. The molecule has 0 unspecified atom stereocenters. The van der Waals surface area contributed by atoms with Crippen LogP contribution in [0.1, 0.15) is 0 Å². The van der Waals surface area contributed by atoms with Gasteiger partial charge in [0.05, 0.1) is 6.61 Å². The topological polar surface area (TPSA) is 77.8 Å². The summed E-state index contributed by atoms with van der Waals surface area (Å²) in [5.41, 5.74) is 2.40. The van der Waals surface area contributed by atoms with Gasteiger partial charge in [-0.15, -0.1) is 0 Å². The number of hydrogen-bond donors (Lipinski definition) is 1. The molecule has 0 amide bonds. The molecule has 0 atom stereocenters. The number of para-hydroxylation sites is 2. The predicted molar refractivity (Wildman–Crippen MR) is 73.9 cm³/mol. The van der Waals surface area contributed by atoms with Crippen LogP contribution in [0.2, 0.25) is 0 Å². The molecule has 0 fully saturated rings. The third-order valence-electron chi connectivity index (χ3n) is 3.24. The highest BCUT2D eigenvalue weighted by Crippen LogP contribution is 2.12. The van der Waals surface area contributed by atoms with Gasteiger partial charge in [-0.25, -0.2) is 4.98 Å². The first-order valence-electron chi connectivity index (χ1n) is 6.28. The molecule has 6 heteroatoms. The summed E-state index contributed by atoms with van der Waals surface area (Å²) in [6.07, 6.45) is 0. The Balaban J connectivity index is 2.39. The zero-order valence-corrected chi connectivity index (χ0v) is 11.0. The largest absolute Gasteiger partial charge is 0.618 e. The first-order valence-corrected chi connectivity index (χ1v) is 6.28. The summed E-state index contributed by atoms with van der Waals surface area (Å²) in [7, 11) is 1.60. The second-order valence-electron chi connectivity index (χ2n) is 4.47. The van der Waals surface area contributed by atoms with Gasteiger partial charge in [0, 0.05) is 25.8 Å². The lowest BCUT2D eigenvalue weighted by atomic mass is 10.3. The number of methoxy groups -OCH3 is 1. The molecule has 0 aliphatic heterocycles. The van der Waals surface area contributed by atoms with E-state index in [1.165, 1.54) is 0 Å². The van der Waals surface area contributed by atoms with Gasteiger partial charge >= 0.3 is 0 Å². The molecule has 102 valence electrons. The third kappa shape index (κ3) is 1.90. The fraction of sp³-hybridized carbons (Fsp3) is 0.214. The van der Waals surface area contributed by atoms with Crippen LogP contribution in [0, 0.1) is 10.6 Å². The molecule has 3 aromatic rings. The van der Waals surface area contributed by atoms with E-state index < -0.39 is 0 Å². The van der Waals surface area contributed by atoms with Crippen molar-refractivity contribution in [1.82, 2.24) is 9.55 Å². The highest BCUT2D eigenvalue weighted by atomic mass is 16.5. The van der Waals surface area contributed by atoms with Gasteiger partial charge in [0.1, 0.15) is 11.0 Å². The molecule has 1 aromatic carbocycles. The Labute approximate surface area is 115 Å². The molecule has 0 aliphatic carbocycles. The van der Waals surface area contributed by atoms with Crippen LogP contribution in [0.25, 0.3) is 22.2 Å². The molecule has 2 heterocycles. The molecule has 2 aromatic heterocycles. The minimum Gasteiger partial charge on any atom is -0.618 e. The number of ether oxygens (including phenoxy) is 1. The Hall–Kier alpha value is -2.47. The Morgan fingerprint density at radius 1 is 1.25 bits per heavy atom. The van der Waals surface area contributed by atoms with Crippen molar-refractivity contribution in [2.24, 2.45) is 0 Å². The molecular weight excluding hydrogens is 256 g/mol. The van der Waals surface area contributed by atoms with E-state index in [0.717, 1.165) is 4.73 Å². The Morgan fingerprint density at radius 2 is 2.05 bits per heavy atom. The van der Waals surface area contributed by atoms with E-state index in [0.29, 0.717) is 40.8 Å². The Kier molecular flexibility index (Phi) is 3.08. The average Bonchev–Trinajstić information content (AvgIpc) is 2.47. The van der Waals surface area contributed by atoms with E-state index in [1.807, 2.05) is 12.1 Å². The second kappa shape index (κ2) is 4.90. The van der Waals surface area contributed by atoms with Crippen molar-refractivity contribution in [3.05, 3.63) is 47.1 Å². The van der Waals surface area contributed by atoms with Gasteiger partial charge in [-0.1, -0.05) is 12.1 Å². The average molecular weight is 270 g/mol. The quantitative estimate of drug-likeness (QED) is 0.437. The minimum absolute atomic E-state index is 0.303. The lowest BCUT2D eigenvalue weighted by Gasteiger charge is -2.11. The summed E-state index contributed by atoms with van der Waals surface area (Å²) in [6.45, 7) is 0.945. The molecular formula is C14H14N4O2. The van der Waals surface area contributed by atoms with E-state index in [1.54, 1.807) is 35.9 Å². The van der Waals surface area contributed by atoms with Gasteiger partial charge in [-0.2, -0.15) is 4.73 Å². The standard InChI is InChI=1S/C14H14N4O2/c1-20-9-8-17-13(15)7-6-12-14(17)16-10-4-2-3-5-11(10)18(12)19/h2-7,15H,8-9H2,1H3. The number of pyridine rings is 1. The molecule has 0 aliphatic rings. The fourth-order valence-corrected chi connectivity index (χ4v) is 2.23. The fourth-order valence-electron chi connectivity index (χ4n) is 2.23. The first-order chi connectivity index (χ1) is 9.72. The maximum absolute atomic E-state index is 12.4. The zero-order valence-electron chi connectivity index (χ0n) is 11.0. The van der Waals surface area contributed by atoms with Gasteiger partial charge in [0.25, 0.3) is 5.52 Å². The molecule has 0 saturated heterocycles. The van der Waals surface area contributed by atoms with E-state index in [2.05, 4.69) is 4.98 Å². The summed E-state index contributed by atoms with van der Waals surface area (Å²) in [5.74, 6) is 0. The van der Waals surface area contributed by atoms with Gasteiger partial charge in [-0.3, -0.25) is 5.41 Å². The number of aromatic nitrogens is 3.